The molecule has 2 aromatic heterocycles. The molecular weight excluding hydrogens is 545 g/mol. The van der Waals surface area contributed by atoms with Gasteiger partial charge in [-0.05, 0) is 60.7 Å². The Morgan fingerprint density at radius 1 is 1.07 bits per heavy atom. The van der Waals surface area contributed by atoms with Crippen molar-refractivity contribution >= 4 is 16.1 Å². The van der Waals surface area contributed by atoms with Crippen molar-refractivity contribution in [1.29, 1.82) is 0 Å². The van der Waals surface area contributed by atoms with E-state index in [9.17, 15) is 27.5 Å². The van der Waals surface area contributed by atoms with Crippen LogP contribution in [0, 0.1) is 12.9 Å². The highest BCUT2D eigenvalue weighted by molar-refractivity contribution is 7.91. The van der Waals surface area contributed by atoms with Crippen molar-refractivity contribution in [3.63, 3.8) is 0 Å². The average molecular weight is 574 g/mol. The first-order valence-electron chi connectivity index (χ1n) is 13.2. The second kappa shape index (κ2) is 10.9. The Morgan fingerprint density at radius 2 is 1.80 bits per heavy atom. The summed E-state index contributed by atoms with van der Waals surface area (Å²) in [5.41, 5.74) is 0.296. The van der Waals surface area contributed by atoms with Gasteiger partial charge in [-0.25, -0.2) is 13.4 Å². The van der Waals surface area contributed by atoms with E-state index < -0.39 is 37.7 Å². The molecule has 1 aliphatic rings. The van der Waals surface area contributed by atoms with Crippen LogP contribution in [0.5, 0.6) is 5.88 Å². The summed E-state index contributed by atoms with van der Waals surface area (Å²) in [5, 5.41) is 10.9. The number of aldehydes is 1. The number of allylic oxidation sites excluding steroid dienone is 2. The number of carbonyl (C=O) groups is 1. The molecule has 1 N–H and O–H groups in total. The van der Waals surface area contributed by atoms with Crippen LogP contribution in [0.15, 0.2) is 87.4 Å². The Morgan fingerprint density at radius 3 is 2.49 bits per heavy atom. The predicted molar refractivity (Wildman–Crippen MR) is 151 cm³/mol. The fourth-order valence-corrected chi connectivity index (χ4v) is 6.66. The molecule has 2 heterocycles. The number of aromatic hydroxyl groups is 1. The molecule has 41 heavy (non-hydrogen) atoms. The molecule has 0 saturated heterocycles. The van der Waals surface area contributed by atoms with E-state index in [1.165, 1.54) is 30.3 Å². The van der Waals surface area contributed by atoms with E-state index in [1.54, 1.807) is 37.3 Å². The normalized spacial score (nSPS) is 16.4. The van der Waals surface area contributed by atoms with Gasteiger partial charge in [-0.1, -0.05) is 61.9 Å². The predicted octanol–water partition coefficient (Wildman–Crippen LogP) is 4.69. The topological polar surface area (TPSA) is 119 Å². The van der Waals surface area contributed by atoms with Crippen LogP contribution in [-0.4, -0.2) is 34.3 Å². The number of carbonyl (C=O) groups excluding carboxylic acids is 1. The number of benzene rings is 2. The molecule has 1 atom stereocenters. The number of hydrogen-bond donors (Lipinski definition) is 1. The first kappa shape index (κ1) is 28.1. The lowest BCUT2D eigenvalue weighted by Gasteiger charge is -2.34. The van der Waals surface area contributed by atoms with Gasteiger partial charge >= 0.3 is 0 Å². The van der Waals surface area contributed by atoms with Crippen molar-refractivity contribution in [2.45, 2.75) is 54.9 Å². The van der Waals surface area contributed by atoms with Crippen molar-refractivity contribution in [3.05, 3.63) is 112 Å². The molecule has 2 aromatic carbocycles. The minimum Gasteiger partial charge on any atom is -0.492 e. The molecule has 4 aromatic rings. The third-order valence-electron chi connectivity index (χ3n) is 7.35. The van der Waals surface area contributed by atoms with E-state index in [4.69, 9.17) is 0 Å². The van der Waals surface area contributed by atoms with Gasteiger partial charge in [0.25, 0.3) is 5.56 Å². The van der Waals surface area contributed by atoms with Gasteiger partial charge in [0.15, 0.2) is 11.2 Å². The fraction of sp³-hybridized carbons (Fsp3) is 0.226. The second-order valence-corrected chi connectivity index (χ2v) is 11.8. The molecule has 0 saturated carbocycles. The molecule has 1 aliphatic carbocycles. The number of fused-ring (bicyclic) bond motifs is 1. The number of aromatic nitrogens is 3. The van der Waals surface area contributed by atoms with Gasteiger partial charge in [0.2, 0.25) is 21.7 Å². The largest absolute Gasteiger partial charge is 0.492 e. The van der Waals surface area contributed by atoms with Crippen LogP contribution in [-0.2, 0) is 33.0 Å². The van der Waals surface area contributed by atoms with Crippen molar-refractivity contribution in [1.82, 2.24) is 14.5 Å². The van der Waals surface area contributed by atoms with Crippen molar-refractivity contribution in [2.24, 2.45) is 0 Å². The first-order chi connectivity index (χ1) is 19.6. The number of nitrogens with zero attached hydrogens (tertiary/aromatic N) is 3. The van der Waals surface area contributed by atoms with Gasteiger partial charge in [0, 0.05) is 17.7 Å². The minimum absolute atomic E-state index is 0.108. The molecule has 0 amide bonds. The molecule has 210 valence electrons. The maximum atomic E-state index is 14.2. The summed E-state index contributed by atoms with van der Waals surface area (Å²) in [5.74, 6) is -1.44. The zero-order valence-corrected chi connectivity index (χ0v) is 23.4. The number of pyridine rings is 1. The first-order valence-corrected chi connectivity index (χ1v) is 14.7. The molecule has 5 rings (SSSR count). The van der Waals surface area contributed by atoms with Gasteiger partial charge < -0.3 is 5.11 Å². The highest BCUT2D eigenvalue weighted by Crippen LogP contribution is 2.35. The van der Waals surface area contributed by atoms with Crippen molar-refractivity contribution < 1.29 is 22.7 Å². The van der Waals surface area contributed by atoms with Crippen LogP contribution in [0.1, 0.15) is 42.4 Å². The Kier molecular flexibility index (Phi) is 7.44. The molecular formula is C31H28FN3O5S. The summed E-state index contributed by atoms with van der Waals surface area (Å²) in [7, 11) is -4.59. The van der Waals surface area contributed by atoms with E-state index >= 15 is 0 Å². The average Bonchev–Trinajstić information content (AvgIpc) is 2.95. The molecule has 0 bridgehead atoms. The molecule has 0 radical (unpaired) electrons. The molecule has 0 aliphatic heterocycles. The van der Waals surface area contributed by atoms with Crippen LogP contribution in [0.25, 0.3) is 11.1 Å². The van der Waals surface area contributed by atoms with E-state index in [0.717, 1.165) is 16.6 Å². The minimum atomic E-state index is -4.59. The standard InChI is InChI=1S/C31H28FN3O5S/c1-3-4-11-27-34-29(37)28(30(38)35(27)31(19-36)18-7-9-22-8-5-6-10-25(22)31)41(39,40)23-14-12-21(13-15-23)24-16-17-26(32)33-20(24)2/h5-8,10,12-19,37H,3-4,9,11H2,1-2H3/t31-/m1/s1. The van der Waals surface area contributed by atoms with Crippen LogP contribution in [0.4, 0.5) is 4.39 Å². The summed E-state index contributed by atoms with van der Waals surface area (Å²) in [4.78, 5) is 33.9. The Labute approximate surface area is 236 Å². The maximum absolute atomic E-state index is 14.2. The van der Waals surface area contributed by atoms with Crippen LogP contribution >= 0.6 is 0 Å². The van der Waals surface area contributed by atoms with Gasteiger partial charge in [0.1, 0.15) is 11.4 Å². The highest BCUT2D eigenvalue weighted by Gasteiger charge is 2.41. The second-order valence-electron chi connectivity index (χ2n) is 9.93. The smallest absolute Gasteiger partial charge is 0.278 e. The monoisotopic (exact) mass is 573 g/mol. The van der Waals surface area contributed by atoms with E-state index in [2.05, 4.69) is 9.97 Å². The number of rotatable bonds is 8. The van der Waals surface area contributed by atoms with E-state index in [0.29, 0.717) is 41.5 Å². The number of aryl methyl sites for hydroxylation is 2. The Balaban J connectivity index is 1.71. The van der Waals surface area contributed by atoms with Crippen LogP contribution < -0.4 is 5.56 Å². The lowest BCUT2D eigenvalue weighted by Crippen LogP contribution is -2.47. The summed E-state index contributed by atoms with van der Waals surface area (Å²) >= 11 is 0. The third kappa shape index (κ3) is 4.78. The van der Waals surface area contributed by atoms with E-state index in [1.807, 2.05) is 19.1 Å². The lowest BCUT2D eigenvalue weighted by molar-refractivity contribution is -0.112. The zero-order valence-electron chi connectivity index (χ0n) is 22.5. The number of hydrogen-bond acceptors (Lipinski definition) is 7. The maximum Gasteiger partial charge on any atom is 0.278 e. The van der Waals surface area contributed by atoms with Gasteiger partial charge in [-0.15, -0.1) is 0 Å². The molecule has 8 nitrogen and oxygen atoms in total. The van der Waals surface area contributed by atoms with E-state index in [-0.39, 0.29) is 17.1 Å². The Hall–Kier alpha value is -4.44. The molecule has 0 spiro atoms. The van der Waals surface area contributed by atoms with Crippen molar-refractivity contribution in [3.8, 4) is 17.0 Å². The Bertz CT molecular complexity index is 1850. The number of sulfone groups is 1. The van der Waals surface area contributed by atoms with Gasteiger partial charge in [-0.2, -0.15) is 9.37 Å². The summed E-state index contributed by atoms with van der Waals surface area (Å²) < 4.78 is 42.3. The fourth-order valence-electron chi connectivity index (χ4n) is 5.32. The van der Waals surface area contributed by atoms with Crippen molar-refractivity contribution in [2.75, 3.05) is 0 Å². The third-order valence-corrected chi connectivity index (χ3v) is 9.14. The quantitative estimate of drug-likeness (QED) is 0.185. The highest BCUT2D eigenvalue weighted by atomic mass is 32.2. The summed E-state index contributed by atoms with van der Waals surface area (Å²) in [6, 6.07) is 15.5. The summed E-state index contributed by atoms with van der Waals surface area (Å²) in [6.45, 7) is 3.58. The molecule has 0 unspecified atom stereocenters. The van der Waals surface area contributed by atoms with Crippen LogP contribution in [0.2, 0.25) is 0 Å². The molecule has 10 heteroatoms. The number of unbranched alkanes of at least 4 members (excludes halogenated alkanes) is 1. The zero-order chi connectivity index (χ0) is 29.4. The molecule has 0 fully saturated rings. The van der Waals surface area contributed by atoms with Gasteiger partial charge in [-0.3, -0.25) is 14.2 Å². The lowest BCUT2D eigenvalue weighted by atomic mass is 9.81. The van der Waals surface area contributed by atoms with Crippen LogP contribution in [0.3, 0.4) is 0 Å². The SMILES string of the molecule is CCCCc1nc(O)c(S(=O)(=O)c2ccc(-c3ccc(F)nc3C)cc2)c(=O)n1[C@@]1(C=O)C=CCc2ccccc21. The van der Waals surface area contributed by atoms with Gasteiger partial charge in [0.05, 0.1) is 4.90 Å². The number of halogens is 1. The summed E-state index contributed by atoms with van der Waals surface area (Å²) in [6.07, 6.45) is 6.08.